The Balaban J connectivity index is 3.62. The lowest BCUT2D eigenvalue weighted by Gasteiger charge is -2.00. The second-order valence-corrected chi connectivity index (χ2v) is 1.90. The minimum Gasteiger partial charge on any atom is -0.265 e. The summed E-state index contributed by atoms with van der Waals surface area (Å²) in [5.41, 5.74) is 0. The van der Waals surface area contributed by atoms with E-state index < -0.39 is 24.1 Å². The highest BCUT2D eigenvalue weighted by molar-refractivity contribution is 4.74. The fourth-order valence-electron chi connectivity index (χ4n) is 0.508. The van der Waals surface area contributed by atoms with Crippen LogP contribution in [-0.2, 0) is 0 Å². The molecule has 0 bridgehead atoms. The third kappa shape index (κ3) is 3.78. The molecule has 0 aromatic rings. The van der Waals surface area contributed by atoms with Gasteiger partial charge in [0.05, 0.1) is 18.7 Å². The van der Waals surface area contributed by atoms with Crippen molar-refractivity contribution in [1.29, 1.82) is 5.26 Å². The van der Waals surface area contributed by atoms with E-state index in [0.717, 1.165) is 0 Å². The number of rotatable bonds is 4. The smallest absolute Gasteiger partial charge is 0.210 e. The summed E-state index contributed by atoms with van der Waals surface area (Å²) in [7, 11) is 0. The zero-order valence-electron chi connectivity index (χ0n) is 5.29. The van der Waals surface area contributed by atoms with Gasteiger partial charge in [-0.3, -0.25) is 14.5 Å². The first-order valence-corrected chi connectivity index (χ1v) is 2.75. The summed E-state index contributed by atoms with van der Waals surface area (Å²) in [4.78, 5) is 9.16. The molecule has 0 saturated carbocycles. The van der Waals surface area contributed by atoms with Gasteiger partial charge < -0.3 is 0 Å². The maximum atomic E-state index is 11.7. The molecule has 0 spiro atoms. The fourth-order valence-corrected chi connectivity index (χ4v) is 0.508. The lowest BCUT2D eigenvalue weighted by Crippen LogP contribution is -2.15. The summed E-state index contributed by atoms with van der Waals surface area (Å²) >= 11 is 0. The molecule has 4 nitrogen and oxygen atoms in total. The Labute approximate surface area is 57.4 Å². The van der Waals surface area contributed by atoms with Crippen LogP contribution in [0.25, 0.3) is 0 Å². The van der Waals surface area contributed by atoms with Crippen molar-refractivity contribution in [3.8, 4) is 6.07 Å². The molecule has 5 heteroatoms. The van der Waals surface area contributed by atoms with Crippen LogP contribution in [0.5, 0.6) is 0 Å². The van der Waals surface area contributed by atoms with Gasteiger partial charge in [-0.05, 0) is 0 Å². The quantitative estimate of drug-likeness (QED) is 0.434. The minimum atomic E-state index is -0.797. The highest BCUT2D eigenvalue weighted by Crippen LogP contribution is 2.02. The Morgan fingerprint density at radius 3 is 2.70 bits per heavy atom. The summed E-state index contributed by atoms with van der Waals surface area (Å²) in [5, 5.41) is 17.8. The maximum absolute atomic E-state index is 11.7. The largest absolute Gasteiger partial charge is 0.265 e. The molecule has 0 aromatic heterocycles. The molecule has 0 fully saturated rings. The average Bonchev–Trinajstić information content (AvgIpc) is 1.86. The minimum absolute atomic E-state index is 0.0858. The van der Waals surface area contributed by atoms with E-state index >= 15 is 0 Å². The molecule has 0 amide bonds. The van der Waals surface area contributed by atoms with Crippen molar-refractivity contribution < 1.29 is 9.31 Å². The summed E-state index contributed by atoms with van der Waals surface area (Å²) < 4.78 is 11.7. The Bertz CT molecular complexity index is 154. The van der Waals surface area contributed by atoms with Crippen molar-refractivity contribution in [3.05, 3.63) is 10.1 Å². The number of nitrogens with zero attached hydrogens (tertiary/aromatic N) is 2. The van der Waals surface area contributed by atoms with Crippen LogP contribution in [0.3, 0.4) is 0 Å². The first-order valence-electron chi connectivity index (χ1n) is 2.75. The number of hydrogen-bond acceptors (Lipinski definition) is 3. The van der Waals surface area contributed by atoms with Gasteiger partial charge in [0.25, 0.3) is 0 Å². The summed E-state index contributed by atoms with van der Waals surface area (Å²) in [6, 6.07) is 1.68. The maximum Gasteiger partial charge on any atom is 0.210 e. The van der Waals surface area contributed by atoms with Gasteiger partial charge in [-0.15, -0.1) is 0 Å². The summed E-state index contributed by atoms with van der Waals surface area (Å²) in [6.07, 6.45) is -0.0858. The molecule has 0 aliphatic heterocycles. The second kappa shape index (κ2) is 4.68. The molecule has 0 rings (SSSR count). The first-order chi connectivity index (χ1) is 4.70. The van der Waals surface area contributed by atoms with Crippen LogP contribution in [0.4, 0.5) is 4.39 Å². The van der Waals surface area contributed by atoms with E-state index in [-0.39, 0.29) is 6.42 Å². The Morgan fingerprint density at radius 2 is 2.40 bits per heavy atom. The molecule has 0 saturated heterocycles. The van der Waals surface area contributed by atoms with E-state index in [1.165, 1.54) is 0 Å². The van der Waals surface area contributed by atoms with Crippen LogP contribution < -0.4 is 0 Å². The zero-order valence-corrected chi connectivity index (χ0v) is 5.29. The zero-order chi connectivity index (χ0) is 7.98. The first kappa shape index (κ1) is 8.82. The molecule has 0 aromatic carbocycles. The molecular formula is C5H7FN2O2. The number of nitriles is 1. The van der Waals surface area contributed by atoms with Gasteiger partial charge in [-0.1, -0.05) is 0 Å². The molecule has 1 atom stereocenters. The molecule has 0 N–H and O–H groups in total. The Morgan fingerprint density at radius 1 is 1.80 bits per heavy atom. The number of alkyl halides is 1. The van der Waals surface area contributed by atoms with E-state index in [2.05, 4.69) is 0 Å². The van der Waals surface area contributed by atoms with Gasteiger partial charge in [0.2, 0.25) is 6.54 Å². The van der Waals surface area contributed by atoms with Gasteiger partial charge in [0.15, 0.2) is 0 Å². The van der Waals surface area contributed by atoms with Gasteiger partial charge in [-0.2, -0.15) is 5.26 Å². The highest BCUT2D eigenvalue weighted by atomic mass is 19.1. The third-order valence-corrected chi connectivity index (χ3v) is 1.01. The topological polar surface area (TPSA) is 66.9 Å². The number of halogens is 1. The summed E-state index contributed by atoms with van der Waals surface area (Å²) in [5.74, 6) is -0.736. The van der Waals surface area contributed by atoms with E-state index in [4.69, 9.17) is 5.26 Å². The summed E-state index contributed by atoms with van der Waals surface area (Å²) in [6.45, 7) is -1.25. The standard InChI is InChI=1S/C5H7FN2O2/c6-3-5(1-2-7)4-8(9)10/h5H,1,3-4H2. The lowest BCUT2D eigenvalue weighted by molar-refractivity contribution is -0.488. The Hall–Kier alpha value is -1.18. The van der Waals surface area contributed by atoms with Crippen LogP contribution in [0, 0.1) is 27.4 Å². The number of hydrogen-bond donors (Lipinski definition) is 0. The predicted molar refractivity (Wildman–Crippen MR) is 31.6 cm³/mol. The second-order valence-electron chi connectivity index (χ2n) is 1.90. The predicted octanol–water partition coefficient (Wildman–Crippen LogP) is 0.762. The molecule has 0 heterocycles. The third-order valence-electron chi connectivity index (χ3n) is 1.01. The molecule has 0 aliphatic rings. The molecular weight excluding hydrogens is 139 g/mol. The van der Waals surface area contributed by atoms with E-state index in [0.29, 0.717) is 0 Å². The number of nitro groups is 1. The molecule has 0 aliphatic carbocycles. The van der Waals surface area contributed by atoms with Crippen molar-refractivity contribution in [3.63, 3.8) is 0 Å². The van der Waals surface area contributed by atoms with Crippen molar-refractivity contribution >= 4 is 0 Å². The van der Waals surface area contributed by atoms with Crippen molar-refractivity contribution in [2.24, 2.45) is 5.92 Å². The van der Waals surface area contributed by atoms with Crippen LogP contribution in [0.2, 0.25) is 0 Å². The van der Waals surface area contributed by atoms with Gasteiger partial charge in [0.1, 0.15) is 0 Å². The van der Waals surface area contributed by atoms with Crippen LogP contribution in [0.1, 0.15) is 6.42 Å². The fraction of sp³-hybridized carbons (Fsp3) is 0.800. The van der Waals surface area contributed by atoms with Gasteiger partial charge in [-0.25, -0.2) is 0 Å². The Kier molecular flexibility index (Phi) is 4.12. The van der Waals surface area contributed by atoms with Gasteiger partial charge >= 0.3 is 0 Å². The van der Waals surface area contributed by atoms with E-state index in [1.54, 1.807) is 6.07 Å². The van der Waals surface area contributed by atoms with Crippen LogP contribution in [-0.4, -0.2) is 18.1 Å². The lowest BCUT2D eigenvalue weighted by atomic mass is 10.1. The van der Waals surface area contributed by atoms with Crippen molar-refractivity contribution in [1.82, 2.24) is 0 Å². The monoisotopic (exact) mass is 146 g/mol. The van der Waals surface area contributed by atoms with Crippen LogP contribution in [0.15, 0.2) is 0 Å². The average molecular weight is 146 g/mol. The molecule has 56 valence electrons. The molecule has 1 unspecified atom stereocenters. The van der Waals surface area contributed by atoms with Crippen molar-refractivity contribution in [2.75, 3.05) is 13.2 Å². The van der Waals surface area contributed by atoms with Crippen LogP contribution >= 0.6 is 0 Å². The normalized spacial score (nSPS) is 12.0. The molecule has 0 radical (unpaired) electrons. The highest BCUT2D eigenvalue weighted by Gasteiger charge is 2.13. The SMILES string of the molecule is N#CCC(CF)C[N+](=O)[O-]. The van der Waals surface area contributed by atoms with Gasteiger partial charge in [0, 0.05) is 11.3 Å². The molecule has 10 heavy (non-hydrogen) atoms. The van der Waals surface area contributed by atoms with E-state index in [1.807, 2.05) is 0 Å². The van der Waals surface area contributed by atoms with E-state index in [9.17, 15) is 14.5 Å². The van der Waals surface area contributed by atoms with Crippen molar-refractivity contribution in [2.45, 2.75) is 6.42 Å².